The van der Waals surface area contributed by atoms with Gasteiger partial charge in [0.15, 0.2) is 9.84 Å². The Bertz CT molecular complexity index is 581. The summed E-state index contributed by atoms with van der Waals surface area (Å²) in [5.74, 6) is 0.410. The molecule has 1 aromatic heterocycles. The summed E-state index contributed by atoms with van der Waals surface area (Å²) in [6, 6.07) is 1.99. The summed E-state index contributed by atoms with van der Waals surface area (Å²) in [6.07, 6.45) is 1.49. The number of rotatable bonds is 1. The second-order valence-electron chi connectivity index (χ2n) is 4.51. The van der Waals surface area contributed by atoms with Gasteiger partial charge in [-0.05, 0) is 26.7 Å². The predicted octanol–water partition coefficient (Wildman–Crippen LogP) is 1.12. The van der Waals surface area contributed by atoms with Crippen LogP contribution in [-0.2, 0) is 9.84 Å². The fourth-order valence-electron chi connectivity index (χ4n) is 2.37. The Kier molecular flexibility index (Phi) is 2.96. The molecule has 1 saturated heterocycles. The summed E-state index contributed by atoms with van der Waals surface area (Å²) in [7, 11) is -2.95. The molecule has 5 nitrogen and oxygen atoms in total. The normalized spacial score (nSPS) is 23.2. The van der Waals surface area contributed by atoms with Gasteiger partial charge < -0.3 is 0 Å². The van der Waals surface area contributed by atoms with E-state index in [1.165, 1.54) is 0 Å². The van der Waals surface area contributed by atoms with E-state index in [1.807, 2.05) is 6.92 Å². The molecule has 0 N–H and O–H groups in total. The van der Waals surface area contributed by atoms with Crippen LogP contribution >= 0.6 is 0 Å². The molecule has 0 aliphatic carbocycles. The summed E-state index contributed by atoms with van der Waals surface area (Å²) in [4.78, 5) is 0. The first-order valence-electron chi connectivity index (χ1n) is 5.61. The molecule has 0 radical (unpaired) electrons. The van der Waals surface area contributed by atoms with Crippen LogP contribution in [0.5, 0.6) is 0 Å². The minimum atomic E-state index is -2.95. The third-order valence-electron chi connectivity index (χ3n) is 3.22. The minimum Gasteiger partial charge on any atom is -0.264 e. The number of hydrogen-bond acceptors (Lipinski definition) is 4. The molecule has 0 amide bonds. The third kappa shape index (κ3) is 2.20. The number of nitriles is 1. The number of hydrogen-bond donors (Lipinski definition) is 0. The van der Waals surface area contributed by atoms with Crippen LogP contribution in [0.2, 0.25) is 0 Å². The second-order valence-corrected chi connectivity index (χ2v) is 6.74. The molecule has 1 aliphatic rings. The first kappa shape index (κ1) is 12.1. The van der Waals surface area contributed by atoms with E-state index in [4.69, 9.17) is 5.26 Å². The van der Waals surface area contributed by atoms with Gasteiger partial charge in [0.25, 0.3) is 0 Å². The lowest BCUT2D eigenvalue weighted by atomic mass is 10.1. The van der Waals surface area contributed by atoms with Crippen LogP contribution in [0.4, 0.5) is 0 Å². The summed E-state index contributed by atoms with van der Waals surface area (Å²) in [5, 5.41) is 13.3. The fraction of sp³-hybridized carbons (Fsp3) is 0.636. The number of nitrogens with zero attached hydrogens (tertiary/aromatic N) is 3. The highest BCUT2D eigenvalue weighted by Crippen LogP contribution is 2.25. The molecule has 0 aromatic carbocycles. The molecule has 1 aromatic rings. The zero-order chi connectivity index (χ0) is 12.6. The van der Waals surface area contributed by atoms with Crippen molar-refractivity contribution in [2.75, 3.05) is 11.5 Å². The molecule has 1 aliphatic heterocycles. The summed E-state index contributed by atoms with van der Waals surface area (Å²) in [6.45, 7) is 3.60. The Labute approximate surface area is 101 Å². The molecule has 1 atom stereocenters. The molecular weight excluding hydrogens is 238 g/mol. The van der Waals surface area contributed by atoms with Gasteiger partial charge in [0.05, 0.1) is 34.5 Å². The van der Waals surface area contributed by atoms with E-state index in [0.717, 1.165) is 12.1 Å². The van der Waals surface area contributed by atoms with E-state index in [1.54, 1.807) is 11.6 Å². The Hall–Kier alpha value is -1.35. The van der Waals surface area contributed by atoms with Gasteiger partial charge in [-0.2, -0.15) is 10.4 Å². The molecule has 2 rings (SSSR count). The Balaban J connectivity index is 2.39. The van der Waals surface area contributed by atoms with Gasteiger partial charge in [0.1, 0.15) is 6.07 Å². The summed E-state index contributed by atoms with van der Waals surface area (Å²) >= 11 is 0. The van der Waals surface area contributed by atoms with Gasteiger partial charge in [-0.1, -0.05) is 0 Å². The number of aryl methyl sites for hydroxylation is 1. The van der Waals surface area contributed by atoms with Crippen LogP contribution in [-0.4, -0.2) is 29.7 Å². The first-order valence-corrected chi connectivity index (χ1v) is 7.43. The molecule has 1 unspecified atom stereocenters. The van der Waals surface area contributed by atoms with Gasteiger partial charge in [-0.25, -0.2) is 8.42 Å². The van der Waals surface area contributed by atoms with E-state index >= 15 is 0 Å². The lowest BCUT2D eigenvalue weighted by Gasteiger charge is -2.23. The quantitative estimate of drug-likeness (QED) is 0.751. The number of sulfone groups is 1. The van der Waals surface area contributed by atoms with Crippen LogP contribution < -0.4 is 0 Å². The van der Waals surface area contributed by atoms with Gasteiger partial charge in [-0.15, -0.1) is 0 Å². The van der Waals surface area contributed by atoms with Crippen molar-refractivity contribution < 1.29 is 8.42 Å². The Morgan fingerprint density at radius 2 is 2.18 bits per heavy atom. The lowest BCUT2D eigenvalue weighted by molar-refractivity contribution is 0.426. The monoisotopic (exact) mass is 253 g/mol. The van der Waals surface area contributed by atoms with E-state index in [-0.39, 0.29) is 17.5 Å². The maximum atomic E-state index is 11.6. The van der Waals surface area contributed by atoms with E-state index in [0.29, 0.717) is 17.7 Å². The van der Waals surface area contributed by atoms with Crippen LogP contribution in [0, 0.1) is 25.2 Å². The smallest absolute Gasteiger partial charge is 0.152 e. The molecule has 92 valence electrons. The van der Waals surface area contributed by atoms with E-state index < -0.39 is 9.84 Å². The fourth-order valence-corrected chi connectivity index (χ4v) is 4.04. The predicted molar refractivity (Wildman–Crippen MR) is 63.3 cm³/mol. The lowest BCUT2D eigenvalue weighted by Crippen LogP contribution is -2.28. The molecule has 0 spiro atoms. The molecule has 0 bridgehead atoms. The zero-order valence-corrected chi connectivity index (χ0v) is 10.8. The Morgan fingerprint density at radius 1 is 1.47 bits per heavy atom. The van der Waals surface area contributed by atoms with Crippen molar-refractivity contribution in [3.63, 3.8) is 0 Å². The van der Waals surface area contributed by atoms with Crippen LogP contribution in [0.25, 0.3) is 0 Å². The van der Waals surface area contributed by atoms with Gasteiger partial charge in [0, 0.05) is 0 Å². The highest BCUT2D eigenvalue weighted by atomic mass is 32.2. The van der Waals surface area contributed by atoms with E-state index in [2.05, 4.69) is 11.2 Å². The molecule has 1 fully saturated rings. The van der Waals surface area contributed by atoms with Crippen molar-refractivity contribution in [2.24, 2.45) is 0 Å². The topological polar surface area (TPSA) is 75.8 Å². The minimum absolute atomic E-state index is 0.116. The maximum Gasteiger partial charge on any atom is 0.152 e. The van der Waals surface area contributed by atoms with Gasteiger partial charge >= 0.3 is 0 Å². The largest absolute Gasteiger partial charge is 0.264 e. The molecule has 2 heterocycles. The van der Waals surface area contributed by atoms with Gasteiger partial charge in [0.2, 0.25) is 0 Å². The van der Waals surface area contributed by atoms with Crippen molar-refractivity contribution in [3.8, 4) is 6.07 Å². The average Bonchev–Trinajstić information content (AvgIpc) is 2.52. The summed E-state index contributed by atoms with van der Waals surface area (Å²) in [5.41, 5.74) is 2.01. The molecule has 0 saturated carbocycles. The maximum absolute atomic E-state index is 11.6. The Morgan fingerprint density at radius 3 is 2.71 bits per heavy atom. The average molecular weight is 253 g/mol. The zero-order valence-electron chi connectivity index (χ0n) is 9.97. The molecular formula is C11H15N3O2S. The van der Waals surface area contributed by atoms with Crippen molar-refractivity contribution in [1.82, 2.24) is 9.78 Å². The van der Waals surface area contributed by atoms with Crippen LogP contribution in [0.3, 0.4) is 0 Å². The van der Waals surface area contributed by atoms with Crippen molar-refractivity contribution >= 4 is 9.84 Å². The first-order chi connectivity index (χ1) is 7.94. The third-order valence-corrected chi connectivity index (χ3v) is 5.03. The highest BCUT2D eigenvalue weighted by molar-refractivity contribution is 7.91. The highest BCUT2D eigenvalue weighted by Gasteiger charge is 2.28. The molecule has 17 heavy (non-hydrogen) atoms. The van der Waals surface area contributed by atoms with Crippen molar-refractivity contribution in [1.29, 1.82) is 5.26 Å². The van der Waals surface area contributed by atoms with Crippen LogP contribution in [0.15, 0.2) is 0 Å². The SMILES string of the molecule is Cc1nn(C2CCCS(=O)(=O)C2)c(C)c1C#N. The van der Waals surface area contributed by atoms with E-state index in [9.17, 15) is 8.42 Å². The van der Waals surface area contributed by atoms with Crippen molar-refractivity contribution in [3.05, 3.63) is 17.0 Å². The molecule has 6 heteroatoms. The standard InChI is InChI=1S/C11H15N3O2S/c1-8-11(6-12)9(2)14(13-8)10-4-3-5-17(15,16)7-10/h10H,3-5,7H2,1-2H3. The number of aromatic nitrogens is 2. The van der Waals surface area contributed by atoms with Crippen LogP contribution in [0.1, 0.15) is 35.8 Å². The second kappa shape index (κ2) is 4.15. The van der Waals surface area contributed by atoms with Crippen molar-refractivity contribution in [2.45, 2.75) is 32.7 Å². The van der Waals surface area contributed by atoms with Gasteiger partial charge in [-0.3, -0.25) is 4.68 Å². The summed E-state index contributed by atoms with van der Waals surface area (Å²) < 4.78 is 24.9.